The van der Waals surface area contributed by atoms with Crippen molar-refractivity contribution in [2.24, 2.45) is 11.8 Å². The second kappa shape index (κ2) is 5.36. The van der Waals surface area contributed by atoms with E-state index in [2.05, 4.69) is 0 Å². The fraction of sp³-hybridized carbons (Fsp3) is 0.333. The van der Waals surface area contributed by atoms with Crippen LogP contribution in [0.3, 0.4) is 0 Å². The van der Waals surface area contributed by atoms with Gasteiger partial charge in [-0.05, 0) is 26.0 Å². The number of para-hydroxylation sites is 1. The zero-order valence-corrected chi connectivity index (χ0v) is 11.3. The summed E-state index contributed by atoms with van der Waals surface area (Å²) in [4.78, 5) is 48.6. The van der Waals surface area contributed by atoms with Gasteiger partial charge in [0.15, 0.2) is 0 Å². The number of benzene rings is 1. The van der Waals surface area contributed by atoms with Crippen molar-refractivity contribution >= 4 is 29.1 Å². The van der Waals surface area contributed by atoms with Crippen LogP contribution in [-0.2, 0) is 19.2 Å². The first-order valence-electron chi connectivity index (χ1n) is 6.36. The molecule has 0 spiro atoms. The third-order valence-electron chi connectivity index (χ3n) is 3.39. The number of Topliss-reactive ketones (excluding diaryl/α,β-unsaturated/α-hetero) is 2. The van der Waals surface area contributed by atoms with E-state index in [0.29, 0.717) is 5.69 Å². The number of nitrogens with zero attached hydrogens (tertiary/aromatic N) is 1. The highest BCUT2D eigenvalue weighted by Crippen LogP contribution is 2.33. The summed E-state index contributed by atoms with van der Waals surface area (Å²) in [6.45, 7) is 2.62. The molecule has 0 saturated carbocycles. The molecule has 0 bridgehead atoms. The van der Waals surface area contributed by atoms with Gasteiger partial charge in [-0.25, -0.2) is 4.90 Å². The first kappa shape index (κ1) is 14.1. The molecule has 2 amide bonds. The Labute approximate surface area is 116 Å². The van der Waals surface area contributed by atoms with Crippen LogP contribution in [0.25, 0.3) is 0 Å². The molecule has 1 saturated heterocycles. The van der Waals surface area contributed by atoms with Crippen LogP contribution in [-0.4, -0.2) is 23.4 Å². The Bertz CT molecular complexity index is 579. The van der Waals surface area contributed by atoms with Gasteiger partial charge in [0, 0.05) is 6.42 Å². The molecule has 1 aliphatic heterocycles. The van der Waals surface area contributed by atoms with Gasteiger partial charge in [-0.15, -0.1) is 0 Å². The smallest absolute Gasteiger partial charge is 0.245 e. The first-order valence-corrected chi connectivity index (χ1v) is 6.36. The molecule has 2 unspecified atom stereocenters. The summed E-state index contributed by atoms with van der Waals surface area (Å²) in [6.07, 6.45) is -0.0852. The number of ketones is 2. The van der Waals surface area contributed by atoms with Gasteiger partial charge >= 0.3 is 0 Å². The van der Waals surface area contributed by atoms with Crippen LogP contribution in [0.1, 0.15) is 20.3 Å². The van der Waals surface area contributed by atoms with E-state index < -0.39 is 23.7 Å². The highest BCUT2D eigenvalue weighted by molar-refractivity contribution is 6.28. The average molecular weight is 273 g/mol. The van der Waals surface area contributed by atoms with Crippen molar-refractivity contribution in [2.75, 3.05) is 4.90 Å². The van der Waals surface area contributed by atoms with E-state index in [1.807, 2.05) is 0 Å². The van der Waals surface area contributed by atoms with Crippen LogP contribution in [0.2, 0.25) is 0 Å². The molecule has 104 valence electrons. The van der Waals surface area contributed by atoms with Crippen molar-refractivity contribution in [3.05, 3.63) is 30.3 Å². The van der Waals surface area contributed by atoms with Crippen LogP contribution in [0.15, 0.2) is 30.3 Å². The third kappa shape index (κ3) is 2.39. The molecule has 1 aromatic carbocycles. The van der Waals surface area contributed by atoms with Crippen LogP contribution in [0.5, 0.6) is 0 Å². The molecule has 1 heterocycles. The van der Waals surface area contributed by atoms with E-state index in [1.54, 1.807) is 30.3 Å². The zero-order chi connectivity index (χ0) is 14.9. The predicted molar refractivity (Wildman–Crippen MR) is 71.9 cm³/mol. The Balaban J connectivity index is 2.41. The van der Waals surface area contributed by atoms with Gasteiger partial charge in [0.25, 0.3) is 0 Å². The lowest BCUT2D eigenvalue weighted by Crippen LogP contribution is -2.31. The fourth-order valence-corrected chi connectivity index (χ4v) is 2.53. The predicted octanol–water partition coefficient (Wildman–Crippen LogP) is 1.36. The van der Waals surface area contributed by atoms with Crippen LogP contribution in [0, 0.1) is 11.8 Å². The largest absolute Gasteiger partial charge is 0.300 e. The van der Waals surface area contributed by atoms with Gasteiger partial charge in [0.1, 0.15) is 17.5 Å². The maximum Gasteiger partial charge on any atom is 0.245 e. The van der Waals surface area contributed by atoms with Crippen molar-refractivity contribution in [3.63, 3.8) is 0 Å². The molecule has 0 aliphatic carbocycles. The zero-order valence-electron chi connectivity index (χ0n) is 11.3. The number of hydrogen-bond donors (Lipinski definition) is 0. The van der Waals surface area contributed by atoms with E-state index in [1.165, 1.54) is 13.8 Å². The molecule has 5 nitrogen and oxygen atoms in total. The second-order valence-electron chi connectivity index (χ2n) is 4.95. The summed E-state index contributed by atoms with van der Waals surface area (Å²) in [7, 11) is 0. The molecule has 1 aliphatic rings. The number of rotatable bonds is 4. The van der Waals surface area contributed by atoms with Gasteiger partial charge in [-0.2, -0.15) is 0 Å². The molecule has 5 heteroatoms. The molecule has 1 aromatic rings. The van der Waals surface area contributed by atoms with Gasteiger partial charge in [-0.3, -0.25) is 14.4 Å². The van der Waals surface area contributed by atoms with Crippen molar-refractivity contribution in [1.82, 2.24) is 0 Å². The monoisotopic (exact) mass is 273 g/mol. The molecular formula is C15H15NO4. The molecule has 1 fully saturated rings. The van der Waals surface area contributed by atoms with Crippen LogP contribution in [0.4, 0.5) is 5.69 Å². The summed E-state index contributed by atoms with van der Waals surface area (Å²) in [5.74, 6) is -3.54. The van der Waals surface area contributed by atoms with Crippen molar-refractivity contribution in [2.45, 2.75) is 20.3 Å². The summed E-state index contributed by atoms with van der Waals surface area (Å²) in [5.41, 5.74) is 0.430. The highest BCUT2D eigenvalue weighted by Gasteiger charge is 2.50. The summed E-state index contributed by atoms with van der Waals surface area (Å²) in [6, 6.07) is 8.43. The number of hydrogen-bond acceptors (Lipinski definition) is 4. The van der Waals surface area contributed by atoms with E-state index >= 15 is 0 Å². The van der Waals surface area contributed by atoms with Gasteiger partial charge in [0.05, 0.1) is 11.6 Å². The lowest BCUT2D eigenvalue weighted by molar-refractivity contribution is -0.132. The Morgan fingerprint density at radius 1 is 1.05 bits per heavy atom. The molecule has 20 heavy (non-hydrogen) atoms. The lowest BCUT2D eigenvalue weighted by atomic mass is 9.88. The molecule has 0 aromatic heterocycles. The minimum Gasteiger partial charge on any atom is -0.300 e. The lowest BCUT2D eigenvalue weighted by Gasteiger charge is -2.14. The van der Waals surface area contributed by atoms with Crippen molar-refractivity contribution < 1.29 is 19.2 Å². The third-order valence-corrected chi connectivity index (χ3v) is 3.39. The average Bonchev–Trinajstić information content (AvgIpc) is 2.61. The molecular weight excluding hydrogens is 258 g/mol. The van der Waals surface area contributed by atoms with Gasteiger partial charge in [-0.1, -0.05) is 18.2 Å². The Hall–Kier alpha value is -2.30. The number of carbonyl (C=O) groups is 4. The standard InChI is InChI=1S/C15H15NO4/c1-9(17)8-12-13(10(2)18)15(20)16(14(12)19)11-6-4-3-5-7-11/h3-7,12-13H,8H2,1-2H3. The minimum atomic E-state index is -1.05. The topological polar surface area (TPSA) is 71.5 Å². The highest BCUT2D eigenvalue weighted by atomic mass is 16.2. The molecule has 0 radical (unpaired) electrons. The van der Waals surface area contributed by atoms with E-state index in [-0.39, 0.29) is 18.0 Å². The maximum absolute atomic E-state index is 12.4. The molecule has 0 N–H and O–H groups in total. The molecule has 2 atom stereocenters. The summed E-state index contributed by atoms with van der Waals surface area (Å²) in [5, 5.41) is 0. The molecule has 2 rings (SSSR count). The van der Waals surface area contributed by atoms with Crippen LogP contribution < -0.4 is 4.90 Å². The number of amides is 2. The van der Waals surface area contributed by atoms with Gasteiger partial charge < -0.3 is 4.79 Å². The number of carbonyl (C=O) groups excluding carboxylic acids is 4. The number of imide groups is 1. The van der Waals surface area contributed by atoms with Crippen molar-refractivity contribution in [1.29, 1.82) is 0 Å². The Morgan fingerprint density at radius 2 is 1.65 bits per heavy atom. The summed E-state index contributed by atoms with van der Waals surface area (Å²) < 4.78 is 0. The second-order valence-corrected chi connectivity index (χ2v) is 4.95. The van der Waals surface area contributed by atoms with Gasteiger partial charge in [0.2, 0.25) is 11.8 Å². The van der Waals surface area contributed by atoms with E-state index in [4.69, 9.17) is 0 Å². The normalized spacial score (nSPS) is 22.2. The van der Waals surface area contributed by atoms with Crippen LogP contribution >= 0.6 is 0 Å². The van der Waals surface area contributed by atoms with E-state index in [0.717, 1.165) is 4.90 Å². The summed E-state index contributed by atoms with van der Waals surface area (Å²) >= 11 is 0. The SMILES string of the molecule is CC(=O)CC1C(=O)N(c2ccccc2)C(=O)C1C(C)=O. The van der Waals surface area contributed by atoms with Crippen molar-refractivity contribution in [3.8, 4) is 0 Å². The number of anilines is 1. The Kier molecular flexibility index (Phi) is 3.79. The van der Waals surface area contributed by atoms with E-state index in [9.17, 15) is 19.2 Å². The quantitative estimate of drug-likeness (QED) is 0.613. The Morgan fingerprint density at radius 3 is 2.15 bits per heavy atom. The fourth-order valence-electron chi connectivity index (χ4n) is 2.53. The first-order chi connectivity index (χ1) is 9.43. The minimum absolute atomic E-state index is 0.0852. The maximum atomic E-state index is 12.4.